The van der Waals surface area contributed by atoms with Gasteiger partial charge in [-0.15, -0.1) is 0 Å². The smallest absolute Gasteiger partial charge is 0.323 e. The van der Waals surface area contributed by atoms with Gasteiger partial charge in [0, 0.05) is 0 Å². The highest BCUT2D eigenvalue weighted by Crippen LogP contribution is 1.94. The lowest BCUT2D eigenvalue weighted by Gasteiger charge is -2.05. The summed E-state index contributed by atoms with van der Waals surface area (Å²) in [6.45, 7) is 1.95. The largest absolute Gasteiger partial charge is 0.461 e. The molecule has 0 rings (SSSR count). The summed E-state index contributed by atoms with van der Waals surface area (Å²) in [7, 11) is 2.96. The van der Waals surface area contributed by atoms with Crippen molar-refractivity contribution in [2.45, 2.75) is 25.8 Å². The summed E-state index contributed by atoms with van der Waals surface area (Å²) in [6, 6.07) is -0.493. The number of hydrogen-bond acceptors (Lipinski definition) is 3. The van der Waals surface area contributed by atoms with Crippen molar-refractivity contribution in [1.29, 1.82) is 0 Å². The fourth-order valence-electron chi connectivity index (χ4n) is 0.536. The minimum Gasteiger partial charge on any atom is -0.461 e. The fraction of sp³-hybridized carbons (Fsp3) is 0.667. The van der Waals surface area contributed by atoms with Crippen LogP contribution in [0.1, 0.15) is 19.8 Å². The average Bonchev–Trinajstić information content (AvgIpc) is 1.87. The molecule has 0 aliphatic carbocycles. The minimum atomic E-state index is -0.493. The molecule has 0 aliphatic heterocycles. The van der Waals surface area contributed by atoms with E-state index < -0.39 is 12.0 Å². The van der Waals surface area contributed by atoms with Crippen LogP contribution in [0.15, 0.2) is 0 Å². The minimum absolute atomic E-state index is 0.433. The van der Waals surface area contributed by atoms with Crippen molar-refractivity contribution in [1.82, 2.24) is 0 Å². The lowest BCUT2D eigenvalue weighted by atomic mass is 10.2. The number of carbonyl (C=O) groups is 1. The lowest BCUT2D eigenvalue weighted by molar-refractivity contribution is -0.140. The molecule has 0 fully saturated rings. The fourth-order valence-corrected chi connectivity index (χ4v) is 0.536. The van der Waals surface area contributed by atoms with Crippen LogP contribution >= 0.6 is 0 Å². The monoisotopic (exact) mass is 130 g/mol. The van der Waals surface area contributed by atoms with Gasteiger partial charge in [0.2, 0.25) is 0 Å². The highest BCUT2D eigenvalue weighted by Gasteiger charge is 2.10. The van der Waals surface area contributed by atoms with Gasteiger partial charge in [0.25, 0.3) is 0 Å². The van der Waals surface area contributed by atoms with Crippen LogP contribution < -0.4 is 5.73 Å². The standard InChI is InChI=1S/C6H12NO2/c1-3-4-5(7)6(8)9-2/h5H,2-4,7H2,1H3/t5-/m0/s1. The average molecular weight is 130 g/mol. The molecule has 2 N–H and O–H groups in total. The molecule has 0 amide bonds. The maximum absolute atomic E-state index is 10.5. The van der Waals surface area contributed by atoms with Crippen LogP contribution in [-0.4, -0.2) is 12.0 Å². The van der Waals surface area contributed by atoms with Gasteiger partial charge in [0.15, 0.2) is 0 Å². The van der Waals surface area contributed by atoms with Gasteiger partial charge in [-0.2, -0.15) is 0 Å². The SMILES string of the molecule is [CH2]OC(=O)[C@@H](N)CCC. The molecule has 3 nitrogen and oxygen atoms in total. The van der Waals surface area contributed by atoms with E-state index in [2.05, 4.69) is 11.8 Å². The van der Waals surface area contributed by atoms with E-state index in [4.69, 9.17) is 5.73 Å². The van der Waals surface area contributed by atoms with Gasteiger partial charge >= 0.3 is 5.97 Å². The summed E-state index contributed by atoms with van der Waals surface area (Å²) in [4.78, 5) is 10.5. The number of carbonyl (C=O) groups excluding carboxylic acids is 1. The second-order valence-corrected chi connectivity index (χ2v) is 1.86. The molecule has 0 aromatic carbocycles. The van der Waals surface area contributed by atoms with Crippen molar-refractivity contribution < 1.29 is 9.53 Å². The molecule has 0 aromatic heterocycles. The maximum Gasteiger partial charge on any atom is 0.323 e. The zero-order valence-corrected chi connectivity index (χ0v) is 5.59. The summed E-state index contributed by atoms with van der Waals surface area (Å²) in [5, 5.41) is 0. The van der Waals surface area contributed by atoms with E-state index >= 15 is 0 Å². The molecule has 0 aliphatic rings. The Morgan fingerprint density at radius 3 is 2.78 bits per heavy atom. The molecule has 3 heteroatoms. The summed E-state index contributed by atoms with van der Waals surface area (Å²) >= 11 is 0. The Morgan fingerprint density at radius 2 is 2.44 bits per heavy atom. The summed E-state index contributed by atoms with van der Waals surface area (Å²) in [6.07, 6.45) is 1.55. The van der Waals surface area contributed by atoms with Crippen molar-refractivity contribution in [3.8, 4) is 0 Å². The van der Waals surface area contributed by atoms with Crippen molar-refractivity contribution in [2.75, 3.05) is 0 Å². The van der Waals surface area contributed by atoms with E-state index in [1.54, 1.807) is 0 Å². The van der Waals surface area contributed by atoms with Crippen LogP contribution in [0.3, 0.4) is 0 Å². The Kier molecular flexibility index (Phi) is 4.05. The van der Waals surface area contributed by atoms with Gasteiger partial charge in [-0.05, 0) is 6.42 Å². The molecule has 9 heavy (non-hydrogen) atoms. The van der Waals surface area contributed by atoms with Crippen LogP contribution in [0.4, 0.5) is 0 Å². The highest BCUT2D eigenvalue weighted by atomic mass is 16.5. The van der Waals surface area contributed by atoms with Gasteiger partial charge in [0.05, 0.1) is 0 Å². The molecule has 0 saturated carbocycles. The Bertz CT molecular complexity index is 93.1. The van der Waals surface area contributed by atoms with E-state index in [-0.39, 0.29) is 0 Å². The first-order valence-corrected chi connectivity index (χ1v) is 2.93. The number of hydrogen-bond donors (Lipinski definition) is 1. The van der Waals surface area contributed by atoms with Crippen LogP contribution in [0.5, 0.6) is 0 Å². The number of rotatable bonds is 3. The van der Waals surface area contributed by atoms with Crippen molar-refractivity contribution in [3.63, 3.8) is 0 Å². The number of ether oxygens (including phenoxy) is 1. The molecule has 0 spiro atoms. The molecule has 0 aromatic rings. The van der Waals surface area contributed by atoms with E-state index in [0.717, 1.165) is 6.42 Å². The van der Waals surface area contributed by atoms with Gasteiger partial charge in [-0.3, -0.25) is 4.79 Å². The van der Waals surface area contributed by atoms with Gasteiger partial charge in [-0.25, -0.2) is 0 Å². The molecule has 0 saturated heterocycles. The summed E-state index contributed by atoms with van der Waals surface area (Å²) < 4.78 is 4.15. The predicted octanol–water partition coefficient (Wildman–Crippen LogP) is 0.449. The van der Waals surface area contributed by atoms with E-state index in [1.165, 1.54) is 0 Å². The first-order valence-electron chi connectivity index (χ1n) is 2.93. The molecule has 0 unspecified atom stereocenters. The normalized spacial score (nSPS) is 12.8. The quantitative estimate of drug-likeness (QED) is 0.564. The lowest BCUT2D eigenvalue weighted by Crippen LogP contribution is -2.30. The molecule has 0 heterocycles. The molecular formula is C6H12NO2. The number of nitrogens with two attached hydrogens (primary N) is 1. The Morgan fingerprint density at radius 1 is 1.89 bits per heavy atom. The van der Waals surface area contributed by atoms with Gasteiger partial charge in [0.1, 0.15) is 13.2 Å². The zero-order chi connectivity index (χ0) is 7.28. The second kappa shape index (κ2) is 4.32. The van der Waals surface area contributed by atoms with E-state index in [0.29, 0.717) is 6.42 Å². The first kappa shape index (κ1) is 8.43. The zero-order valence-electron chi connectivity index (χ0n) is 5.59. The molecular weight excluding hydrogens is 118 g/mol. The van der Waals surface area contributed by atoms with Crippen molar-refractivity contribution in [2.24, 2.45) is 5.73 Å². The van der Waals surface area contributed by atoms with Crippen LogP contribution in [-0.2, 0) is 9.53 Å². The Labute approximate surface area is 55.2 Å². The van der Waals surface area contributed by atoms with Crippen molar-refractivity contribution in [3.05, 3.63) is 7.11 Å². The predicted molar refractivity (Wildman–Crippen MR) is 34.3 cm³/mol. The van der Waals surface area contributed by atoms with E-state index in [1.807, 2.05) is 6.92 Å². The Hall–Kier alpha value is -0.570. The van der Waals surface area contributed by atoms with Gasteiger partial charge < -0.3 is 10.5 Å². The van der Waals surface area contributed by atoms with Crippen LogP contribution in [0, 0.1) is 7.11 Å². The Balaban J connectivity index is 3.45. The number of esters is 1. The summed E-state index contributed by atoms with van der Waals surface area (Å²) in [5.74, 6) is -0.433. The molecule has 0 bridgehead atoms. The topological polar surface area (TPSA) is 52.3 Å². The second-order valence-electron chi connectivity index (χ2n) is 1.86. The first-order chi connectivity index (χ1) is 4.22. The van der Waals surface area contributed by atoms with Crippen LogP contribution in [0.25, 0.3) is 0 Å². The maximum atomic E-state index is 10.5. The van der Waals surface area contributed by atoms with Gasteiger partial charge in [-0.1, -0.05) is 13.3 Å². The third-order valence-electron chi connectivity index (χ3n) is 1.04. The third kappa shape index (κ3) is 3.08. The highest BCUT2D eigenvalue weighted by molar-refractivity contribution is 5.75. The third-order valence-corrected chi connectivity index (χ3v) is 1.04. The van der Waals surface area contributed by atoms with Crippen LogP contribution in [0.2, 0.25) is 0 Å². The van der Waals surface area contributed by atoms with E-state index in [9.17, 15) is 4.79 Å². The molecule has 1 atom stereocenters. The summed E-state index contributed by atoms with van der Waals surface area (Å²) in [5.41, 5.74) is 5.32. The van der Waals surface area contributed by atoms with Crippen molar-refractivity contribution >= 4 is 5.97 Å². The molecule has 1 radical (unpaired) electrons. The molecule has 53 valence electrons.